The zero-order valence-corrected chi connectivity index (χ0v) is 11.1. The average Bonchev–Trinajstić information content (AvgIpc) is 2.46. The lowest BCUT2D eigenvalue weighted by Gasteiger charge is -2.13. The smallest absolute Gasteiger partial charge is 0.160 e. The fourth-order valence-electron chi connectivity index (χ4n) is 1.85. The molecule has 0 bridgehead atoms. The number of nitrogens with zero attached hydrogens (tertiary/aromatic N) is 1. The predicted octanol–water partition coefficient (Wildman–Crippen LogP) is 2.65. The molecule has 19 heavy (non-hydrogen) atoms. The van der Waals surface area contributed by atoms with Gasteiger partial charge in [0.1, 0.15) is 0 Å². The van der Waals surface area contributed by atoms with Gasteiger partial charge in [0.25, 0.3) is 0 Å². The van der Waals surface area contributed by atoms with Gasteiger partial charge in [-0.15, -0.1) is 0 Å². The summed E-state index contributed by atoms with van der Waals surface area (Å²) in [6.07, 6.45) is 1.78. The van der Waals surface area contributed by atoms with Crippen molar-refractivity contribution >= 4 is 0 Å². The maximum absolute atomic E-state index is 9.71. The number of hydrogen-bond donors (Lipinski definition) is 2. The second-order valence-corrected chi connectivity index (χ2v) is 4.36. The molecular weight excluding hydrogens is 240 g/mol. The molecule has 0 aliphatic rings. The molecule has 1 heterocycles. The highest BCUT2D eigenvalue weighted by Gasteiger charge is 2.07. The molecule has 2 N–H and O–H groups in total. The zero-order chi connectivity index (χ0) is 13.7. The van der Waals surface area contributed by atoms with E-state index in [1.165, 1.54) is 7.11 Å². The zero-order valence-electron chi connectivity index (χ0n) is 11.1. The van der Waals surface area contributed by atoms with Crippen LogP contribution in [-0.2, 0) is 6.54 Å². The number of nitrogens with one attached hydrogen (secondary N) is 1. The topological polar surface area (TPSA) is 54.4 Å². The highest BCUT2D eigenvalue weighted by atomic mass is 16.5. The first-order valence-corrected chi connectivity index (χ1v) is 6.21. The standard InChI is InChI=1S/C15H18N2O2/c1-11(13-5-3-4-8-16-13)17-10-12-6-7-15(19-2)14(18)9-12/h3-9,11,17-18H,10H2,1-2H3/t11-/m0/s1. The van der Waals surface area contributed by atoms with Gasteiger partial charge in [-0.1, -0.05) is 12.1 Å². The maximum atomic E-state index is 9.71. The van der Waals surface area contributed by atoms with Gasteiger partial charge < -0.3 is 15.2 Å². The molecule has 0 spiro atoms. The van der Waals surface area contributed by atoms with Gasteiger partial charge in [0.2, 0.25) is 0 Å². The molecule has 0 aliphatic heterocycles. The summed E-state index contributed by atoms with van der Waals surface area (Å²) >= 11 is 0. The summed E-state index contributed by atoms with van der Waals surface area (Å²) in [5, 5.41) is 13.1. The first-order chi connectivity index (χ1) is 9.20. The van der Waals surface area contributed by atoms with Crippen LogP contribution < -0.4 is 10.1 Å². The summed E-state index contributed by atoms with van der Waals surface area (Å²) in [5.41, 5.74) is 2.00. The fourth-order valence-corrected chi connectivity index (χ4v) is 1.85. The third kappa shape index (κ3) is 3.45. The van der Waals surface area contributed by atoms with E-state index in [-0.39, 0.29) is 11.8 Å². The summed E-state index contributed by atoms with van der Waals surface area (Å²) in [4.78, 5) is 4.30. The van der Waals surface area contributed by atoms with Gasteiger partial charge in [0, 0.05) is 18.8 Å². The van der Waals surface area contributed by atoms with Crippen LogP contribution in [-0.4, -0.2) is 17.2 Å². The number of ether oxygens (including phenoxy) is 1. The molecule has 0 saturated carbocycles. The van der Waals surface area contributed by atoms with Gasteiger partial charge in [-0.3, -0.25) is 4.98 Å². The number of phenols is 1. The molecule has 0 radical (unpaired) electrons. The molecule has 0 unspecified atom stereocenters. The van der Waals surface area contributed by atoms with Crippen LogP contribution in [0.15, 0.2) is 42.6 Å². The first kappa shape index (κ1) is 13.4. The van der Waals surface area contributed by atoms with Crippen LogP contribution in [0.1, 0.15) is 24.2 Å². The molecule has 2 rings (SSSR count). The van der Waals surface area contributed by atoms with Crippen molar-refractivity contribution < 1.29 is 9.84 Å². The molecule has 0 saturated heterocycles. The van der Waals surface area contributed by atoms with Crippen molar-refractivity contribution in [2.75, 3.05) is 7.11 Å². The lowest BCUT2D eigenvalue weighted by atomic mass is 10.1. The number of phenolic OH excluding ortho intramolecular Hbond substituents is 1. The number of hydrogen-bond acceptors (Lipinski definition) is 4. The van der Waals surface area contributed by atoms with E-state index in [1.807, 2.05) is 24.3 Å². The Bertz CT molecular complexity index is 529. The third-order valence-corrected chi connectivity index (χ3v) is 2.99. The Morgan fingerprint density at radius 2 is 2.16 bits per heavy atom. The average molecular weight is 258 g/mol. The highest BCUT2D eigenvalue weighted by molar-refractivity contribution is 5.41. The van der Waals surface area contributed by atoms with Gasteiger partial charge >= 0.3 is 0 Å². The Kier molecular flexibility index (Phi) is 4.36. The molecule has 100 valence electrons. The van der Waals surface area contributed by atoms with E-state index >= 15 is 0 Å². The summed E-state index contributed by atoms with van der Waals surface area (Å²) in [7, 11) is 1.54. The van der Waals surface area contributed by atoms with Crippen LogP contribution >= 0.6 is 0 Å². The predicted molar refractivity (Wildman–Crippen MR) is 74.2 cm³/mol. The maximum Gasteiger partial charge on any atom is 0.160 e. The van der Waals surface area contributed by atoms with E-state index in [9.17, 15) is 5.11 Å². The van der Waals surface area contributed by atoms with E-state index in [0.29, 0.717) is 12.3 Å². The molecule has 2 aromatic rings. The molecular formula is C15H18N2O2. The highest BCUT2D eigenvalue weighted by Crippen LogP contribution is 2.26. The molecule has 1 atom stereocenters. The van der Waals surface area contributed by atoms with Gasteiger partial charge in [0.15, 0.2) is 11.5 Å². The Morgan fingerprint density at radius 3 is 2.79 bits per heavy atom. The monoisotopic (exact) mass is 258 g/mol. The molecule has 0 amide bonds. The van der Waals surface area contributed by atoms with Crippen LogP contribution in [0.3, 0.4) is 0 Å². The van der Waals surface area contributed by atoms with Crippen molar-refractivity contribution in [3.05, 3.63) is 53.9 Å². The van der Waals surface area contributed by atoms with E-state index < -0.39 is 0 Å². The number of methoxy groups -OCH3 is 1. The minimum absolute atomic E-state index is 0.158. The Labute approximate surface area is 113 Å². The molecule has 4 nitrogen and oxygen atoms in total. The van der Waals surface area contributed by atoms with Crippen molar-refractivity contribution in [1.82, 2.24) is 10.3 Å². The van der Waals surface area contributed by atoms with Gasteiger partial charge in [-0.05, 0) is 36.8 Å². The minimum Gasteiger partial charge on any atom is -0.504 e. The van der Waals surface area contributed by atoms with Crippen molar-refractivity contribution in [3.8, 4) is 11.5 Å². The molecule has 0 fully saturated rings. The fraction of sp³-hybridized carbons (Fsp3) is 0.267. The quantitative estimate of drug-likeness (QED) is 0.865. The van der Waals surface area contributed by atoms with Crippen LogP contribution in [0.5, 0.6) is 11.5 Å². The number of aromatic nitrogens is 1. The first-order valence-electron chi connectivity index (χ1n) is 6.21. The molecule has 0 aliphatic carbocycles. The lowest BCUT2D eigenvalue weighted by molar-refractivity contribution is 0.373. The Morgan fingerprint density at radius 1 is 1.32 bits per heavy atom. The van der Waals surface area contributed by atoms with Crippen molar-refractivity contribution in [1.29, 1.82) is 0 Å². The van der Waals surface area contributed by atoms with Crippen molar-refractivity contribution in [2.24, 2.45) is 0 Å². The summed E-state index contributed by atoms with van der Waals surface area (Å²) in [6, 6.07) is 11.4. The number of rotatable bonds is 5. The van der Waals surface area contributed by atoms with Gasteiger partial charge in [-0.25, -0.2) is 0 Å². The Balaban J connectivity index is 1.97. The van der Waals surface area contributed by atoms with E-state index in [4.69, 9.17) is 4.74 Å². The number of pyridine rings is 1. The van der Waals surface area contributed by atoms with E-state index in [1.54, 1.807) is 18.3 Å². The third-order valence-electron chi connectivity index (χ3n) is 2.99. The minimum atomic E-state index is 0.158. The van der Waals surface area contributed by atoms with Crippen LogP contribution in [0, 0.1) is 0 Å². The van der Waals surface area contributed by atoms with Crippen LogP contribution in [0.25, 0.3) is 0 Å². The largest absolute Gasteiger partial charge is 0.504 e. The van der Waals surface area contributed by atoms with Gasteiger partial charge in [-0.2, -0.15) is 0 Å². The van der Waals surface area contributed by atoms with Gasteiger partial charge in [0.05, 0.1) is 12.8 Å². The van der Waals surface area contributed by atoms with Crippen LogP contribution in [0.2, 0.25) is 0 Å². The summed E-state index contributed by atoms with van der Waals surface area (Å²) in [6.45, 7) is 2.72. The summed E-state index contributed by atoms with van der Waals surface area (Å²) in [5.74, 6) is 0.647. The normalized spacial score (nSPS) is 12.1. The van der Waals surface area contributed by atoms with Crippen molar-refractivity contribution in [2.45, 2.75) is 19.5 Å². The van der Waals surface area contributed by atoms with Crippen molar-refractivity contribution in [3.63, 3.8) is 0 Å². The second-order valence-electron chi connectivity index (χ2n) is 4.36. The Hall–Kier alpha value is -2.07. The lowest BCUT2D eigenvalue weighted by Crippen LogP contribution is -2.18. The number of benzene rings is 1. The van der Waals surface area contributed by atoms with E-state index in [0.717, 1.165) is 11.3 Å². The molecule has 1 aromatic heterocycles. The van der Waals surface area contributed by atoms with Crippen LogP contribution in [0.4, 0.5) is 0 Å². The number of aromatic hydroxyl groups is 1. The summed E-state index contributed by atoms with van der Waals surface area (Å²) < 4.78 is 5.01. The SMILES string of the molecule is COc1ccc(CN[C@@H](C)c2ccccn2)cc1O. The molecule has 1 aromatic carbocycles. The van der Waals surface area contributed by atoms with E-state index in [2.05, 4.69) is 17.2 Å². The molecule has 4 heteroatoms. The second kappa shape index (κ2) is 6.20.